The fourth-order valence-electron chi connectivity index (χ4n) is 9.88. The van der Waals surface area contributed by atoms with Gasteiger partial charge in [0, 0.05) is 31.7 Å². The summed E-state index contributed by atoms with van der Waals surface area (Å²) in [6, 6.07) is -8.97. The molecule has 0 saturated carbocycles. The lowest BCUT2D eigenvalue weighted by atomic mass is 9.99. The maximum atomic E-state index is 14.7. The van der Waals surface area contributed by atoms with E-state index in [-0.39, 0.29) is 139 Å². The minimum absolute atomic E-state index is 0.00571. The van der Waals surface area contributed by atoms with Crippen LogP contribution in [0.4, 0.5) is 0 Å². The van der Waals surface area contributed by atoms with E-state index >= 15 is 0 Å². The van der Waals surface area contributed by atoms with Crippen molar-refractivity contribution in [1.82, 2.24) is 53.2 Å². The van der Waals surface area contributed by atoms with Crippen LogP contribution in [0.15, 0.2) is 29.3 Å². The van der Waals surface area contributed by atoms with Crippen LogP contribution in [-0.4, -0.2) is 191 Å². The number of carbonyl (C=O) groups is 13. The van der Waals surface area contributed by atoms with Gasteiger partial charge in [-0.1, -0.05) is 60.6 Å². The van der Waals surface area contributed by atoms with E-state index in [1.165, 1.54) is 38.1 Å². The molecule has 34 nitrogen and oxygen atoms in total. The van der Waals surface area contributed by atoms with Crippen molar-refractivity contribution in [3.05, 3.63) is 29.8 Å². The molecular formula is C63H110N18O16. The van der Waals surface area contributed by atoms with Crippen LogP contribution in [0, 0.1) is 23.7 Å². The van der Waals surface area contributed by atoms with Crippen LogP contribution in [0.2, 0.25) is 0 Å². The number of aliphatic imine (C=N–C) groups is 1. The van der Waals surface area contributed by atoms with Crippen molar-refractivity contribution in [2.45, 2.75) is 225 Å². The Balaban J connectivity index is 3.73. The number of nitrogens with one attached hydrogen (secondary N) is 10. The van der Waals surface area contributed by atoms with Crippen LogP contribution in [-0.2, 0) is 68.7 Å². The maximum Gasteiger partial charge on any atom is 0.245 e. The Hall–Kier alpha value is -8.76. The van der Waals surface area contributed by atoms with E-state index in [9.17, 15) is 77.6 Å². The molecule has 0 aliphatic carbocycles. The fraction of sp³-hybridized carbons (Fsp3) is 0.683. The topological polar surface area (TPSA) is 597 Å². The van der Waals surface area contributed by atoms with Crippen molar-refractivity contribution in [1.29, 1.82) is 0 Å². The molecule has 0 saturated heterocycles. The van der Waals surface area contributed by atoms with E-state index in [2.05, 4.69) is 58.2 Å². The quantitative estimate of drug-likeness (QED) is 0.0165. The fourth-order valence-corrected chi connectivity index (χ4v) is 9.88. The SMILES string of the molecule is CC(C)C[C@H](NC(=O)[C@@H](NC(=O)[C@H](CO)NC(=O)[C@H](CCCCN)NC(=O)[C@H](CC(C)C)NC(=O)[C@H](CC(C)C)NC(=O)[C@H](CCCCN)NC(=O)[C@H](CCCN=C(N)N)NC(=O)[C@H](Cc1ccc(O)cc1)NC(=O)[C@H](CCC(N)=O)NC(=O)[C@@H](C)CCC(N)=O)[C@H](C)O)C(N)=O. The lowest BCUT2D eigenvalue weighted by Gasteiger charge is -2.29. The maximum absolute atomic E-state index is 14.7. The molecule has 12 atom stereocenters. The van der Waals surface area contributed by atoms with Gasteiger partial charge in [0.2, 0.25) is 76.8 Å². The number of hydrogen-bond donors (Lipinski definition) is 20. The number of carbonyl (C=O) groups excluding carboxylic acids is 13. The summed E-state index contributed by atoms with van der Waals surface area (Å²) in [7, 11) is 0. The highest BCUT2D eigenvalue weighted by Crippen LogP contribution is 2.16. The summed E-state index contributed by atoms with van der Waals surface area (Å²) < 4.78 is 0. The molecule has 1 aromatic rings. The predicted octanol–water partition coefficient (Wildman–Crippen LogP) is -4.74. The molecule has 0 aromatic heterocycles. The molecule has 97 heavy (non-hydrogen) atoms. The number of phenols is 1. The van der Waals surface area contributed by atoms with Crippen molar-refractivity contribution in [2.24, 2.45) is 68.8 Å². The zero-order valence-electron chi connectivity index (χ0n) is 57.2. The second-order valence-electron chi connectivity index (χ2n) is 25.6. The Labute approximate surface area is 566 Å². The number of primary amides is 3. The average Bonchev–Trinajstić information content (AvgIpc) is 1.26. The van der Waals surface area contributed by atoms with Crippen LogP contribution in [0.5, 0.6) is 5.75 Å². The van der Waals surface area contributed by atoms with Crippen LogP contribution >= 0.6 is 0 Å². The van der Waals surface area contributed by atoms with E-state index in [1.54, 1.807) is 41.5 Å². The van der Waals surface area contributed by atoms with Crippen LogP contribution in [0.3, 0.4) is 0 Å². The Morgan fingerprint density at radius 2 is 0.763 bits per heavy atom. The smallest absolute Gasteiger partial charge is 0.245 e. The Morgan fingerprint density at radius 1 is 0.412 bits per heavy atom. The number of aliphatic hydroxyl groups is 2. The molecule has 0 unspecified atom stereocenters. The molecule has 0 spiro atoms. The van der Waals surface area contributed by atoms with Gasteiger partial charge >= 0.3 is 0 Å². The average molecular weight is 1380 g/mol. The first-order chi connectivity index (χ1) is 45.5. The Kier molecular flexibility index (Phi) is 40.6. The normalized spacial score (nSPS) is 15.0. The number of aliphatic hydroxyl groups excluding tert-OH is 2. The van der Waals surface area contributed by atoms with Gasteiger partial charge in [0.1, 0.15) is 66.2 Å². The number of guanidine groups is 1. The molecule has 0 aliphatic heterocycles. The summed E-state index contributed by atoms with van der Waals surface area (Å²) in [4.78, 5) is 181. The Bertz CT molecular complexity index is 2770. The van der Waals surface area contributed by atoms with Crippen molar-refractivity contribution in [3.8, 4) is 5.75 Å². The summed E-state index contributed by atoms with van der Waals surface area (Å²) in [6.07, 6.45) is -1.35. The number of phenolic OH excluding ortho intramolecular Hbond substituents is 1. The second kappa shape index (κ2) is 45.6. The molecule has 0 heterocycles. The van der Waals surface area contributed by atoms with Gasteiger partial charge in [-0.15, -0.1) is 0 Å². The zero-order chi connectivity index (χ0) is 73.6. The first-order valence-corrected chi connectivity index (χ1v) is 33.0. The van der Waals surface area contributed by atoms with E-state index in [4.69, 9.17) is 40.1 Å². The largest absolute Gasteiger partial charge is 0.508 e. The molecule has 1 aromatic carbocycles. The van der Waals surface area contributed by atoms with E-state index in [0.29, 0.717) is 18.4 Å². The van der Waals surface area contributed by atoms with Gasteiger partial charge in [-0.05, 0) is 139 Å². The van der Waals surface area contributed by atoms with Crippen LogP contribution in [0.1, 0.15) is 157 Å². The van der Waals surface area contributed by atoms with Crippen molar-refractivity contribution in [2.75, 3.05) is 26.2 Å². The minimum Gasteiger partial charge on any atom is -0.508 e. The number of nitrogens with zero attached hydrogens (tertiary/aromatic N) is 1. The van der Waals surface area contributed by atoms with E-state index in [0.717, 1.165) is 0 Å². The van der Waals surface area contributed by atoms with Gasteiger partial charge < -0.3 is 109 Å². The predicted molar refractivity (Wildman–Crippen MR) is 359 cm³/mol. The summed E-state index contributed by atoms with van der Waals surface area (Å²) in [5, 5.41) is 56.6. The Morgan fingerprint density at radius 3 is 1.16 bits per heavy atom. The highest BCUT2D eigenvalue weighted by atomic mass is 16.3. The number of nitrogens with two attached hydrogens (primary N) is 7. The monoisotopic (exact) mass is 1370 g/mol. The standard InChI is InChI=1S/C63H110N18O16/c1-33(2)28-44(52(68)87)76-62(97)51(37(8)83)81-61(96)48(32-82)80-56(91)41(15-10-12-26-65)74-58(93)45(29-34(3)4)78-59(94)46(30-35(5)6)77-55(90)40(14-9-11-25-64)73-54(89)42(16-13-27-71-63(69)70)75-60(95)47(31-38-18-20-39(84)21-19-38)79-57(92)43(22-24-50(67)86)72-53(88)36(7)17-23-49(66)85/h18-21,33-37,40-48,51,82-84H,9-17,22-32,64-65H2,1-8H3,(H2,66,85)(H2,67,86)(H2,68,87)(H,72,88)(H,73,89)(H,74,93)(H,75,95)(H,76,97)(H,77,90)(H,78,94)(H,79,92)(H,80,91)(H,81,96)(H4,69,70,71)/t36-,37-,40-,41-,42-,43-,44-,45-,46-,47-,48-,51-/m0/s1. The van der Waals surface area contributed by atoms with Crippen LogP contribution in [0.25, 0.3) is 0 Å². The molecule has 27 N–H and O–H groups in total. The molecular weight excluding hydrogens is 1260 g/mol. The number of aromatic hydroxyl groups is 1. The van der Waals surface area contributed by atoms with E-state index < -0.39 is 156 Å². The number of benzene rings is 1. The lowest BCUT2D eigenvalue weighted by molar-refractivity contribution is -0.137. The van der Waals surface area contributed by atoms with Gasteiger partial charge in [-0.25, -0.2) is 0 Å². The van der Waals surface area contributed by atoms with E-state index in [1.807, 2.05) is 0 Å². The first-order valence-electron chi connectivity index (χ1n) is 33.0. The third-order valence-electron chi connectivity index (χ3n) is 15.3. The minimum atomic E-state index is -1.74. The van der Waals surface area contributed by atoms with Crippen molar-refractivity contribution in [3.63, 3.8) is 0 Å². The highest BCUT2D eigenvalue weighted by Gasteiger charge is 2.37. The van der Waals surface area contributed by atoms with Gasteiger partial charge in [0.25, 0.3) is 0 Å². The number of rotatable bonds is 49. The molecule has 0 fully saturated rings. The summed E-state index contributed by atoms with van der Waals surface area (Å²) in [5.74, 6) is -13.2. The molecule has 0 bridgehead atoms. The van der Waals surface area contributed by atoms with Gasteiger partial charge in [0.15, 0.2) is 5.96 Å². The summed E-state index contributed by atoms with van der Waals surface area (Å²) >= 11 is 0. The van der Waals surface area contributed by atoms with Gasteiger partial charge in [0.05, 0.1) is 12.7 Å². The van der Waals surface area contributed by atoms with Crippen LogP contribution < -0.4 is 93.3 Å². The first kappa shape index (κ1) is 86.3. The number of amides is 13. The zero-order valence-corrected chi connectivity index (χ0v) is 57.2. The van der Waals surface area contributed by atoms with Gasteiger partial charge in [-0.2, -0.15) is 0 Å². The van der Waals surface area contributed by atoms with Crippen molar-refractivity contribution >= 4 is 82.8 Å². The molecule has 0 aliphatic rings. The lowest BCUT2D eigenvalue weighted by Crippen LogP contribution is -2.62. The molecule has 548 valence electrons. The molecule has 13 amide bonds. The summed E-state index contributed by atoms with van der Waals surface area (Å²) in [6.45, 7) is 12.6. The molecule has 1 rings (SSSR count). The second-order valence-corrected chi connectivity index (χ2v) is 25.6. The molecule has 0 radical (unpaired) electrons. The highest BCUT2D eigenvalue weighted by molar-refractivity contribution is 5.99. The molecule has 34 heteroatoms. The van der Waals surface area contributed by atoms with Crippen molar-refractivity contribution < 1.29 is 77.6 Å². The number of hydrogen-bond acceptors (Lipinski definition) is 19. The summed E-state index contributed by atoms with van der Waals surface area (Å²) in [5.41, 5.74) is 39.3. The number of unbranched alkanes of at least 4 members (excludes halogenated alkanes) is 2. The third-order valence-corrected chi connectivity index (χ3v) is 15.3. The van der Waals surface area contributed by atoms with Gasteiger partial charge in [-0.3, -0.25) is 67.3 Å². The third kappa shape index (κ3) is 35.2.